The number of carboxylic acid groups (broad SMARTS) is 2. The van der Waals surface area contributed by atoms with Gasteiger partial charge in [-0.15, -0.1) is 0 Å². The number of aliphatic carboxylic acids is 2. The van der Waals surface area contributed by atoms with Gasteiger partial charge in [-0.3, -0.25) is 10.1 Å². The fraction of sp³-hybridized carbons (Fsp3) is 0.333. The summed E-state index contributed by atoms with van der Waals surface area (Å²) >= 11 is 0. The van der Waals surface area contributed by atoms with Gasteiger partial charge in [-0.2, -0.15) is 0 Å². The molecule has 0 radical (unpaired) electrons. The molecule has 0 saturated heterocycles. The lowest BCUT2D eigenvalue weighted by Crippen LogP contribution is -2.41. The van der Waals surface area contributed by atoms with E-state index in [9.17, 15) is 9.59 Å². The van der Waals surface area contributed by atoms with Gasteiger partial charge < -0.3 is 10.2 Å². The Bertz CT molecular complexity index is 525. The lowest BCUT2D eigenvalue weighted by atomic mass is 10.0. The molecular formula is C15H21NO4. The molecule has 0 amide bonds. The van der Waals surface area contributed by atoms with Crippen LogP contribution in [0.5, 0.6) is 0 Å². The molecular weight excluding hydrogens is 258 g/mol. The third kappa shape index (κ3) is 6.03. The predicted molar refractivity (Wildman–Crippen MR) is 78.4 cm³/mol. The molecule has 5 nitrogen and oxygen atoms in total. The van der Waals surface area contributed by atoms with Gasteiger partial charge in [0.05, 0.1) is 6.04 Å². The molecule has 0 aliphatic heterocycles. The summed E-state index contributed by atoms with van der Waals surface area (Å²) in [7, 11) is 0. The second-order valence-corrected chi connectivity index (χ2v) is 4.38. The number of hydrogen-bond donors (Lipinski definition) is 3. The standard InChI is InChI=1S/C15H17NO4.2H2/c1-11(15(19)20)16-13(9-10-14(17)18)8-7-12-5-3-2-4-6-12;;/h2-6,11,13,16H,7-8H2,1H3,(H,17,18)(H,19,20);2*1H/t11-,13-;;/m1../s1. The van der Waals surface area contributed by atoms with Crippen molar-refractivity contribution in [3.63, 3.8) is 0 Å². The Hall–Kier alpha value is -2.32. The number of hydrogen-bond acceptors (Lipinski definition) is 3. The van der Waals surface area contributed by atoms with Gasteiger partial charge in [0.15, 0.2) is 0 Å². The van der Waals surface area contributed by atoms with Crippen LogP contribution >= 0.6 is 0 Å². The summed E-state index contributed by atoms with van der Waals surface area (Å²) in [6.07, 6.45) is 1.24. The molecule has 1 aromatic carbocycles. The van der Waals surface area contributed by atoms with E-state index < -0.39 is 24.0 Å². The second-order valence-electron chi connectivity index (χ2n) is 4.38. The van der Waals surface area contributed by atoms with E-state index in [1.165, 1.54) is 6.92 Å². The van der Waals surface area contributed by atoms with Gasteiger partial charge in [0, 0.05) is 8.77 Å². The first kappa shape index (κ1) is 15.7. The van der Waals surface area contributed by atoms with Crippen molar-refractivity contribution in [1.82, 2.24) is 5.32 Å². The smallest absolute Gasteiger partial charge is 0.381 e. The van der Waals surface area contributed by atoms with Crippen molar-refractivity contribution < 1.29 is 22.7 Å². The number of benzene rings is 1. The van der Waals surface area contributed by atoms with Crippen molar-refractivity contribution in [2.75, 3.05) is 0 Å². The zero-order valence-corrected chi connectivity index (χ0v) is 11.2. The van der Waals surface area contributed by atoms with Crippen LogP contribution in [0.4, 0.5) is 0 Å². The van der Waals surface area contributed by atoms with Crippen LogP contribution in [0.1, 0.15) is 21.8 Å². The SMILES string of the molecule is C[C@@H](N[C@@H](C#CC(=O)O)CCc1ccccc1)C(=O)O.[HH].[HH]. The molecule has 0 spiro atoms. The zero-order valence-electron chi connectivity index (χ0n) is 11.2. The molecule has 0 aliphatic carbocycles. The molecule has 0 aromatic heterocycles. The van der Waals surface area contributed by atoms with Crippen molar-refractivity contribution in [3.8, 4) is 11.8 Å². The Morgan fingerprint density at radius 2 is 1.95 bits per heavy atom. The van der Waals surface area contributed by atoms with Crippen molar-refractivity contribution in [3.05, 3.63) is 35.9 Å². The predicted octanol–water partition coefficient (Wildman–Crippen LogP) is 1.63. The molecule has 0 heterocycles. The van der Waals surface area contributed by atoms with Crippen LogP contribution in [0.25, 0.3) is 0 Å². The Balaban J connectivity index is 0. The minimum absolute atomic E-state index is 0. The average Bonchev–Trinajstić information content (AvgIpc) is 2.42. The van der Waals surface area contributed by atoms with E-state index in [4.69, 9.17) is 10.2 Å². The highest BCUT2D eigenvalue weighted by atomic mass is 16.4. The summed E-state index contributed by atoms with van der Waals surface area (Å²) in [6, 6.07) is 8.41. The third-order valence-electron chi connectivity index (χ3n) is 2.74. The topological polar surface area (TPSA) is 86.6 Å². The molecule has 3 N–H and O–H groups in total. The van der Waals surface area contributed by atoms with Crippen LogP contribution < -0.4 is 5.32 Å². The highest BCUT2D eigenvalue weighted by Gasteiger charge is 2.15. The van der Waals surface area contributed by atoms with Crippen LogP contribution in [-0.2, 0) is 16.0 Å². The van der Waals surface area contributed by atoms with Crippen molar-refractivity contribution in [2.24, 2.45) is 0 Å². The highest BCUT2D eigenvalue weighted by Crippen LogP contribution is 2.05. The maximum Gasteiger partial charge on any atom is 0.381 e. The van der Waals surface area contributed by atoms with Gasteiger partial charge in [0.25, 0.3) is 0 Å². The maximum absolute atomic E-state index is 10.8. The van der Waals surface area contributed by atoms with Gasteiger partial charge in [-0.25, -0.2) is 4.79 Å². The molecule has 110 valence electrons. The molecule has 0 bridgehead atoms. The number of carboxylic acids is 2. The van der Waals surface area contributed by atoms with Crippen molar-refractivity contribution in [2.45, 2.75) is 31.8 Å². The van der Waals surface area contributed by atoms with Crippen LogP contribution in [0, 0.1) is 11.8 Å². The van der Waals surface area contributed by atoms with E-state index >= 15 is 0 Å². The molecule has 0 aliphatic rings. The largest absolute Gasteiger partial charge is 0.480 e. The molecule has 1 rings (SSSR count). The van der Waals surface area contributed by atoms with Gasteiger partial charge in [0.2, 0.25) is 0 Å². The number of nitrogens with one attached hydrogen (secondary N) is 1. The Kier molecular flexibility index (Phi) is 6.27. The second kappa shape index (κ2) is 7.97. The van der Waals surface area contributed by atoms with E-state index in [1.54, 1.807) is 0 Å². The molecule has 20 heavy (non-hydrogen) atoms. The average molecular weight is 279 g/mol. The van der Waals surface area contributed by atoms with Crippen molar-refractivity contribution >= 4 is 11.9 Å². The molecule has 1 aromatic rings. The Labute approximate surface area is 120 Å². The summed E-state index contributed by atoms with van der Waals surface area (Å²) in [6.45, 7) is 1.50. The summed E-state index contributed by atoms with van der Waals surface area (Å²) < 4.78 is 0. The van der Waals surface area contributed by atoms with Crippen molar-refractivity contribution in [1.29, 1.82) is 0 Å². The van der Waals surface area contributed by atoms with E-state index in [0.717, 1.165) is 5.56 Å². The lowest BCUT2D eigenvalue weighted by molar-refractivity contribution is -0.139. The van der Waals surface area contributed by atoms with Gasteiger partial charge in [-0.05, 0) is 25.3 Å². The summed E-state index contributed by atoms with van der Waals surface area (Å²) in [4.78, 5) is 21.3. The quantitative estimate of drug-likeness (QED) is 0.689. The van der Waals surface area contributed by atoms with E-state index in [0.29, 0.717) is 12.8 Å². The molecule has 0 unspecified atom stereocenters. The Morgan fingerprint density at radius 1 is 1.30 bits per heavy atom. The molecule has 5 heteroatoms. The monoisotopic (exact) mass is 279 g/mol. The molecule has 0 saturated carbocycles. The normalized spacial score (nSPS) is 12.8. The zero-order chi connectivity index (χ0) is 15.0. The first-order chi connectivity index (χ1) is 9.49. The highest BCUT2D eigenvalue weighted by molar-refractivity contribution is 5.86. The summed E-state index contributed by atoms with van der Waals surface area (Å²) in [5.74, 6) is 2.37. The summed E-state index contributed by atoms with van der Waals surface area (Å²) in [5, 5.41) is 20.2. The fourth-order valence-corrected chi connectivity index (χ4v) is 1.67. The van der Waals surface area contributed by atoms with Crippen LogP contribution in [0.2, 0.25) is 0 Å². The van der Waals surface area contributed by atoms with Gasteiger partial charge >= 0.3 is 11.9 Å². The van der Waals surface area contributed by atoms with E-state index in [1.807, 2.05) is 36.3 Å². The minimum Gasteiger partial charge on any atom is -0.480 e. The van der Waals surface area contributed by atoms with Crippen LogP contribution in [0.15, 0.2) is 30.3 Å². The van der Waals surface area contributed by atoms with Gasteiger partial charge in [-0.1, -0.05) is 36.3 Å². The molecule has 0 fully saturated rings. The first-order valence-corrected chi connectivity index (χ1v) is 6.26. The van der Waals surface area contributed by atoms with E-state index in [-0.39, 0.29) is 2.85 Å². The lowest BCUT2D eigenvalue weighted by Gasteiger charge is -2.16. The van der Waals surface area contributed by atoms with Crippen LogP contribution in [-0.4, -0.2) is 34.2 Å². The fourth-order valence-electron chi connectivity index (χ4n) is 1.67. The van der Waals surface area contributed by atoms with Crippen LogP contribution in [0.3, 0.4) is 0 Å². The molecule has 2 atom stereocenters. The summed E-state index contributed by atoms with van der Waals surface area (Å²) in [5.41, 5.74) is 1.10. The first-order valence-electron chi connectivity index (χ1n) is 6.26. The minimum atomic E-state index is -1.22. The number of rotatable bonds is 6. The third-order valence-corrected chi connectivity index (χ3v) is 2.74. The number of aryl methyl sites for hydroxylation is 1. The van der Waals surface area contributed by atoms with E-state index in [2.05, 4.69) is 11.2 Å². The number of carbonyl (C=O) groups is 2. The van der Waals surface area contributed by atoms with Gasteiger partial charge in [0.1, 0.15) is 6.04 Å². The maximum atomic E-state index is 10.8. The Morgan fingerprint density at radius 3 is 2.50 bits per heavy atom.